The Morgan fingerprint density at radius 1 is 1.60 bits per heavy atom. The number of carbonyl (C=O) groups excluding carboxylic acids is 1. The molecule has 0 aliphatic carbocycles. The highest BCUT2D eigenvalue weighted by Crippen LogP contribution is 2.21. The number of anilines is 2. The first-order valence-electron chi connectivity index (χ1n) is 4.19. The molecular weight excluding hydrogens is 307 g/mol. The van der Waals surface area contributed by atoms with Crippen molar-refractivity contribution in [2.75, 3.05) is 16.4 Å². The van der Waals surface area contributed by atoms with Gasteiger partial charge >= 0.3 is 5.97 Å². The zero-order valence-corrected chi connectivity index (χ0v) is 10.3. The summed E-state index contributed by atoms with van der Waals surface area (Å²) in [5.74, 6) is -0.385. The molecule has 1 aromatic carbocycles. The molecule has 0 saturated heterocycles. The Kier molecular flexibility index (Phi) is 4.41. The summed E-state index contributed by atoms with van der Waals surface area (Å²) < 4.78 is 7.40. The monoisotopic (exact) mass is 318 g/mol. The van der Waals surface area contributed by atoms with Crippen LogP contribution in [0.1, 0.15) is 5.56 Å². The second-order valence-corrected chi connectivity index (χ2v) is 3.34. The van der Waals surface area contributed by atoms with Crippen LogP contribution in [0.4, 0.5) is 11.4 Å². The highest BCUT2D eigenvalue weighted by molar-refractivity contribution is 14.1. The van der Waals surface area contributed by atoms with Gasteiger partial charge in [-0.05, 0) is 23.8 Å². The molecule has 80 valence electrons. The molecule has 0 bridgehead atoms. The standard InChI is InChI=1S/C10H11IN2O2/c1-15-10(14)5-3-7-2-4-9(13-11)8(12)6-7/h2-6,13H,12H2,1H3/b5-3+. The van der Waals surface area contributed by atoms with Gasteiger partial charge in [-0.25, -0.2) is 4.79 Å². The zero-order valence-electron chi connectivity index (χ0n) is 8.16. The first-order chi connectivity index (χ1) is 7.17. The van der Waals surface area contributed by atoms with Crippen LogP contribution in [0.3, 0.4) is 0 Å². The number of nitrogen functional groups attached to an aromatic ring is 1. The topological polar surface area (TPSA) is 64.3 Å². The summed E-state index contributed by atoms with van der Waals surface area (Å²) in [6, 6.07) is 5.48. The molecule has 0 atom stereocenters. The van der Waals surface area contributed by atoms with Crippen molar-refractivity contribution in [2.45, 2.75) is 0 Å². The average Bonchev–Trinajstić information content (AvgIpc) is 2.26. The lowest BCUT2D eigenvalue weighted by molar-refractivity contribution is -0.134. The van der Waals surface area contributed by atoms with Gasteiger partial charge in [-0.15, -0.1) is 0 Å². The number of nitrogens with two attached hydrogens (primary N) is 1. The Labute approximate surface area is 102 Å². The first-order valence-corrected chi connectivity index (χ1v) is 5.27. The number of nitrogens with one attached hydrogen (secondary N) is 1. The van der Waals surface area contributed by atoms with Crippen molar-refractivity contribution < 1.29 is 9.53 Å². The van der Waals surface area contributed by atoms with Crippen LogP contribution >= 0.6 is 22.9 Å². The van der Waals surface area contributed by atoms with E-state index in [1.54, 1.807) is 12.1 Å². The minimum atomic E-state index is -0.385. The fraction of sp³-hybridized carbons (Fsp3) is 0.100. The van der Waals surface area contributed by atoms with Crippen LogP contribution in [0, 0.1) is 0 Å². The minimum absolute atomic E-state index is 0.385. The van der Waals surface area contributed by atoms with Crippen molar-refractivity contribution in [3.8, 4) is 0 Å². The lowest BCUT2D eigenvalue weighted by atomic mass is 10.1. The molecule has 0 aliphatic rings. The molecule has 0 amide bonds. The summed E-state index contributed by atoms with van der Waals surface area (Å²) in [6.45, 7) is 0. The second-order valence-electron chi connectivity index (χ2n) is 2.80. The van der Waals surface area contributed by atoms with Crippen molar-refractivity contribution in [3.05, 3.63) is 29.8 Å². The van der Waals surface area contributed by atoms with Crippen LogP contribution in [0.5, 0.6) is 0 Å². The lowest BCUT2D eigenvalue weighted by Crippen LogP contribution is -1.94. The minimum Gasteiger partial charge on any atom is -0.466 e. The van der Waals surface area contributed by atoms with Crippen molar-refractivity contribution in [2.24, 2.45) is 0 Å². The summed E-state index contributed by atoms with van der Waals surface area (Å²) >= 11 is 2.01. The predicted molar refractivity (Wildman–Crippen MR) is 69.5 cm³/mol. The maximum absolute atomic E-state index is 10.8. The van der Waals surface area contributed by atoms with E-state index in [1.165, 1.54) is 13.2 Å². The quantitative estimate of drug-likeness (QED) is 0.295. The number of hydrogen-bond acceptors (Lipinski definition) is 4. The third kappa shape index (κ3) is 3.43. The first kappa shape index (κ1) is 11.8. The average molecular weight is 318 g/mol. The van der Waals surface area contributed by atoms with Crippen LogP contribution in [0.15, 0.2) is 24.3 Å². The Balaban J connectivity index is 2.84. The number of halogens is 1. The number of carbonyl (C=O) groups is 1. The summed E-state index contributed by atoms with van der Waals surface area (Å²) in [5, 5.41) is 0. The maximum Gasteiger partial charge on any atom is 0.330 e. The van der Waals surface area contributed by atoms with Crippen LogP contribution in [0.25, 0.3) is 6.08 Å². The zero-order chi connectivity index (χ0) is 11.3. The van der Waals surface area contributed by atoms with Gasteiger partial charge in [0.25, 0.3) is 0 Å². The highest BCUT2D eigenvalue weighted by atomic mass is 127. The van der Waals surface area contributed by atoms with Crippen molar-refractivity contribution in [1.29, 1.82) is 0 Å². The third-order valence-corrected chi connectivity index (χ3v) is 2.37. The van der Waals surface area contributed by atoms with Crippen LogP contribution in [-0.2, 0) is 9.53 Å². The number of methoxy groups -OCH3 is 1. The number of rotatable bonds is 3. The van der Waals surface area contributed by atoms with E-state index in [2.05, 4.69) is 8.27 Å². The molecule has 0 radical (unpaired) electrons. The van der Waals surface area contributed by atoms with Gasteiger partial charge in [0.2, 0.25) is 0 Å². The molecular formula is C10H11IN2O2. The predicted octanol–water partition coefficient (Wildman–Crippen LogP) is 2.22. The van der Waals surface area contributed by atoms with Crippen molar-refractivity contribution in [1.82, 2.24) is 0 Å². The van der Waals surface area contributed by atoms with E-state index < -0.39 is 0 Å². The molecule has 3 N–H and O–H groups in total. The van der Waals surface area contributed by atoms with Gasteiger partial charge in [0.1, 0.15) is 0 Å². The third-order valence-electron chi connectivity index (χ3n) is 1.79. The Morgan fingerprint density at radius 2 is 2.33 bits per heavy atom. The maximum atomic E-state index is 10.8. The molecule has 1 aromatic rings. The summed E-state index contributed by atoms with van der Waals surface area (Å²) in [5.41, 5.74) is 8.10. The number of benzene rings is 1. The summed E-state index contributed by atoms with van der Waals surface area (Å²) in [7, 11) is 1.34. The molecule has 0 saturated carbocycles. The van der Waals surface area contributed by atoms with E-state index in [-0.39, 0.29) is 5.97 Å². The van der Waals surface area contributed by atoms with Gasteiger partial charge in [-0.3, -0.25) is 0 Å². The number of hydrogen-bond donors (Lipinski definition) is 2. The van der Waals surface area contributed by atoms with Crippen molar-refractivity contribution in [3.63, 3.8) is 0 Å². The van der Waals surface area contributed by atoms with E-state index in [9.17, 15) is 4.79 Å². The van der Waals surface area contributed by atoms with E-state index in [4.69, 9.17) is 5.73 Å². The molecule has 0 aromatic heterocycles. The van der Waals surface area contributed by atoms with E-state index >= 15 is 0 Å². The highest BCUT2D eigenvalue weighted by Gasteiger charge is 1.97. The lowest BCUT2D eigenvalue weighted by Gasteiger charge is -2.03. The second kappa shape index (κ2) is 5.59. The van der Waals surface area contributed by atoms with Gasteiger partial charge in [0.15, 0.2) is 0 Å². The molecule has 4 nitrogen and oxygen atoms in total. The fourth-order valence-corrected chi connectivity index (χ4v) is 1.49. The Bertz CT molecular complexity index is 391. The van der Waals surface area contributed by atoms with Crippen LogP contribution in [-0.4, -0.2) is 13.1 Å². The van der Waals surface area contributed by atoms with Gasteiger partial charge in [0, 0.05) is 6.08 Å². The van der Waals surface area contributed by atoms with E-state index in [1.807, 2.05) is 35.0 Å². The van der Waals surface area contributed by atoms with E-state index in [0.717, 1.165) is 11.3 Å². The molecule has 0 heterocycles. The number of ether oxygens (including phenoxy) is 1. The van der Waals surface area contributed by atoms with Gasteiger partial charge in [0.05, 0.1) is 41.3 Å². The Hall–Kier alpha value is -1.24. The number of esters is 1. The molecule has 0 unspecified atom stereocenters. The summed E-state index contributed by atoms with van der Waals surface area (Å²) in [6.07, 6.45) is 3.01. The Morgan fingerprint density at radius 3 is 2.87 bits per heavy atom. The molecule has 0 fully saturated rings. The molecule has 1 rings (SSSR count). The van der Waals surface area contributed by atoms with Crippen LogP contribution in [0.2, 0.25) is 0 Å². The normalized spacial score (nSPS) is 10.3. The SMILES string of the molecule is COC(=O)/C=C/c1ccc(NI)c(N)c1. The molecule has 5 heteroatoms. The van der Waals surface area contributed by atoms with E-state index in [0.29, 0.717) is 5.69 Å². The molecule has 0 spiro atoms. The van der Waals surface area contributed by atoms with Crippen molar-refractivity contribution >= 4 is 46.3 Å². The van der Waals surface area contributed by atoms with Gasteiger partial charge in [-0.1, -0.05) is 6.07 Å². The summed E-state index contributed by atoms with van der Waals surface area (Å²) in [4.78, 5) is 10.8. The fourth-order valence-electron chi connectivity index (χ4n) is 1.00. The van der Waals surface area contributed by atoms with Crippen LogP contribution < -0.4 is 9.26 Å². The van der Waals surface area contributed by atoms with Gasteiger partial charge < -0.3 is 14.0 Å². The smallest absolute Gasteiger partial charge is 0.330 e. The van der Waals surface area contributed by atoms with Gasteiger partial charge in [-0.2, -0.15) is 0 Å². The molecule has 15 heavy (non-hydrogen) atoms. The largest absolute Gasteiger partial charge is 0.466 e. The molecule has 0 aliphatic heterocycles.